The molecule has 0 radical (unpaired) electrons. The van der Waals surface area contributed by atoms with Gasteiger partial charge in [0.1, 0.15) is 0 Å². The summed E-state index contributed by atoms with van der Waals surface area (Å²) in [4.78, 5) is 29.2. The summed E-state index contributed by atoms with van der Waals surface area (Å²) in [5.74, 6) is -1.81. The Morgan fingerprint density at radius 1 is 1.48 bits per heavy atom. The second-order valence-corrected chi connectivity index (χ2v) is 5.60. The number of aliphatic carboxylic acids is 1. The summed E-state index contributed by atoms with van der Waals surface area (Å²) < 4.78 is 1.85. The van der Waals surface area contributed by atoms with E-state index in [9.17, 15) is 9.59 Å². The molecule has 0 aliphatic carbocycles. The van der Waals surface area contributed by atoms with E-state index in [-0.39, 0.29) is 12.5 Å². The number of nitrogens with zero attached hydrogens (tertiary/aromatic N) is 3. The second kappa shape index (κ2) is 6.17. The fourth-order valence-electron chi connectivity index (χ4n) is 2.06. The maximum Gasteiger partial charge on any atom is 0.308 e. The molecule has 0 aromatic carbocycles. The fourth-order valence-corrected chi connectivity index (χ4v) is 2.60. The highest BCUT2D eigenvalue weighted by Crippen LogP contribution is 2.21. The molecule has 112 valence electrons. The van der Waals surface area contributed by atoms with Gasteiger partial charge in [0.25, 0.3) is 5.91 Å². The van der Waals surface area contributed by atoms with Crippen molar-refractivity contribution in [1.82, 2.24) is 14.3 Å². The maximum absolute atomic E-state index is 12.5. The Bertz CT molecular complexity index is 683. The highest BCUT2D eigenvalue weighted by molar-refractivity contribution is 7.98. The molecule has 6 nitrogen and oxygen atoms in total. The van der Waals surface area contributed by atoms with Crippen LogP contribution in [0.15, 0.2) is 29.6 Å². The van der Waals surface area contributed by atoms with Gasteiger partial charge in [-0.05, 0) is 18.4 Å². The molecule has 0 saturated carbocycles. The van der Waals surface area contributed by atoms with Crippen molar-refractivity contribution in [2.75, 3.05) is 19.8 Å². The molecule has 2 aromatic rings. The minimum absolute atomic E-state index is 0.147. The van der Waals surface area contributed by atoms with Crippen LogP contribution in [0.5, 0.6) is 0 Å². The molecule has 0 fully saturated rings. The number of carbonyl (C=O) groups is 2. The molecular formula is C14H17N3O3S. The zero-order chi connectivity index (χ0) is 15.6. The summed E-state index contributed by atoms with van der Waals surface area (Å²) in [7, 11) is 1.59. The average molecular weight is 307 g/mol. The Hall–Kier alpha value is -2.02. The first-order valence-electron chi connectivity index (χ1n) is 6.45. The van der Waals surface area contributed by atoms with Crippen LogP contribution in [-0.4, -0.2) is 51.1 Å². The zero-order valence-electron chi connectivity index (χ0n) is 12.1. The molecule has 0 aliphatic rings. The van der Waals surface area contributed by atoms with Gasteiger partial charge in [-0.2, -0.15) is 0 Å². The minimum atomic E-state index is -0.922. The van der Waals surface area contributed by atoms with Crippen LogP contribution in [0.2, 0.25) is 0 Å². The molecule has 2 rings (SSSR count). The Balaban J connectivity index is 2.33. The number of thioether (sulfide) groups is 1. The molecule has 1 unspecified atom stereocenters. The number of fused-ring (bicyclic) bond motifs is 1. The molecular weight excluding hydrogens is 290 g/mol. The molecule has 1 N–H and O–H groups in total. The van der Waals surface area contributed by atoms with E-state index in [0.717, 1.165) is 10.7 Å². The number of aromatic nitrogens is 2. The van der Waals surface area contributed by atoms with Crippen LogP contribution >= 0.6 is 11.8 Å². The Morgan fingerprint density at radius 2 is 2.19 bits per heavy atom. The maximum atomic E-state index is 12.5. The molecule has 21 heavy (non-hydrogen) atoms. The van der Waals surface area contributed by atoms with Crippen molar-refractivity contribution in [3.05, 3.63) is 30.1 Å². The van der Waals surface area contributed by atoms with Gasteiger partial charge in [0.2, 0.25) is 0 Å². The second-order valence-electron chi connectivity index (χ2n) is 4.83. The lowest BCUT2D eigenvalue weighted by molar-refractivity contribution is -0.141. The lowest BCUT2D eigenvalue weighted by Crippen LogP contribution is -2.34. The van der Waals surface area contributed by atoms with Gasteiger partial charge >= 0.3 is 5.97 Å². The van der Waals surface area contributed by atoms with Crippen LogP contribution in [0, 0.1) is 5.92 Å². The van der Waals surface area contributed by atoms with E-state index in [2.05, 4.69) is 4.98 Å². The monoisotopic (exact) mass is 307 g/mol. The fraction of sp³-hybridized carbons (Fsp3) is 0.357. The van der Waals surface area contributed by atoms with Crippen molar-refractivity contribution in [3.63, 3.8) is 0 Å². The third kappa shape index (κ3) is 3.02. The number of carboxylic acids is 1. The van der Waals surface area contributed by atoms with E-state index < -0.39 is 11.9 Å². The van der Waals surface area contributed by atoms with E-state index >= 15 is 0 Å². The number of carbonyl (C=O) groups excluding carboxylic acids is 1. The predicted molar refractivity (Wildman–Crippen MR) is 80.7 cm³/mol. The number of rotatable bonds is 5. The standard InChI is InChI=1S/C14H17N3O3S/c1-9(13(19)20)8-16(2)12(18)11-10-6-4-5-7-17(10)14(15-11)21-3/h4-7,9H,8H2,1-3H3,(H,19,20). The summed E-state index contributed by atoms with van der Waals surface area (Å²) in [6.07, 6.45) is 3.75. The van der Waals surface area contributed by atoms with E-state index in [4.69, 9.17) is 5.11 Å². The first-order chi connectivity index (χ1) is 9.95. The van der Waals surface area contributed by atoms with Gasteiger partial charge in [0.05, 0.1) is 11.4 Å². The van der Waals surface area contributed by atoms with Crippen molar-refractivity contribution in [2.24, 2.45) is 5.92 Å². The first kappa shape index (κ1) is 15.4. The summed E-state index contributed by atoms with van der Waals surface area (Å²) in [6, 6.07) is 5.55. The van der Waals surface area contributed by atoms with Crippen molar-refractivity contribution in [3.8, 4) is 0 Å². The summed E-state index contributed by atoms with van der Waals surface area (Å²) in [6.45, 7) is 1.72. The first-order valence-corrected chi connectivity index (χ1v) is 7.67. The number of pyridine rings is 1. The average Bonchev–Trinajstić information content (AvgIpc) is 2.85. The molecule has 0 aliphatic heterocycles. The van der Waals surface area contributed by atoms with Crippen molar-refractivity contribution in [2.45, 2.75) is 12.1 Å². The molecule has 0 bridgehead atoms. The van der Waals surface area contributed by atoms with Gasteiger partial charge < -0.3 is 10.0 Å². The number of amides is 1. The van der Waals surface area contributed by atoms with Gasteiger partial charge in [-0.3, -0.25) is 14.0 Å². The van der Waals surface area contributed by atoms with E-state index in [1.165, 1.54) is 16.7 Å². The van der Waals surface area contributed by atoms with Gasteiger partial charge in [0, 0.05) is 19.8 Å². The van der Waals surface area contributed by atoms with Gasteiger partial charge in [-0.25, -0.2) is 4.98 Å². The van der Waals surface area contributed by atoms with Crippen LogP contribution in [0.3, 0.4) is 0 Å². The van der Waals surface area contributed by atoms with Crippen LogP contribution in [0.4, 0.5) is 0 Å². The molecule has 7 heteroatoms. The predicted octanol–water partition coefficient (Wildman–Crippen LogP) is 1.85. The smallest absolute Gasteiger partial charge is 0.308 e. The van der Waals surface area contributed by atoms with Crippen LogP contribution in [0.1, 0.15) is 17.4 Å². The van der Waals surface area contributed by atoms with Crippen LogP contribution < -0.4 is 0 Å². The lowest BCUT2D eigenvalue weighted by Gasteiger charge is -2.18. The van der Waals surface area contributed by atoms with Crippen molar-refractivity contribution in [1.29, 1.82) is 0 Å². The highest BCUT2D eigenvalue weighted by atomic mass is 32.2. The van der Waals surface area contributed by atoms with Gasteiger partial charge in [0.15, 0.2) is 10.9 Å². The molecule has 0 spiro atoms. The summed E-state index contributed by atoms with van der Waals surface area (Å²) in [5.41, 5.74) is 1.07. The van der Waals surface area contributed by atoms with Gasteiger partial charge in [-0.1, -0.05) is 24.8 Å². The summed E-state index contributed by atoms with van der Waals surface area (Å²) >= 11 is 1.45. The van der Waals surface area contributed by atoms with Crippen molar-refractivity contribution < 1.29 is 14.7 Å². The third-order valence-electron chi connectivity index (χ3n) is 3.22. The zero-order valence-corrected chi connectivity index (χ0v) is 12.9. The molecule has 2 heterocycles. The largest absolute Gasteiger partial charge is 0.481 e. The number of carboxylic acid groups (broad SMARTS) is 1. The Kier molecular flexibility index (Phi) is 4.52. The van der Waals surface area contributed by atoms with Gasteiger partial charge in [-0.15, -0.1) is 0 Å². The molecule has 1 atom stereocenters. The van der Waals surface area contributed by atoms with Crippen LogP contribution in [-0.2, 0) is 4.79 Å². The quantitative estimate of drug-likeness (QED) is 0.853. The normalized spacial score (nSPS) is 12.3. The number of imidazole rings is 1. The number of hydrogen-bond acceptors (Lipinski definition) is 4. The SMILES string of the molecule is CSc1nc(C(=O)N(C)CC(C)C(=O)O)c2ccccn12. The van der Waals surface area contributed by atoms with Crippen LogP contribution in [0.25, 0.3) is 5.52 Å². The van der Waals surface area contributed by atoms with Crippen molar-refractivity contribution >= 4 is 29.2 Å². The van der Waals surface area contributed by atoms with E-state index in [1.54, 1.807) is 14.0 Å². The third-order valence-corrected chi connectivity index (χ3v) is 3.87. The molecule has 2 aromatic heterocycles. The lowest BCUT2D eigenvalue weighted by atomic mass is 10.1. The Labute approximate surface area is 126 Å². The summed E-state index contributed by atoms with van der Waals surface area (Å²) in [5, 5.41) is 9.67. The molecule has 1 amide bonds. The topological polar surface area (TPSA) is 74.9 Å². The van der Waals surface area contributed by atoms with E-state index in [0.29, 0.717) is 5.69 Å². The highest BCUT2D eigenvalue weighted by Gasteiger charge is 2.23. The minimum Gasteiger partial charge on any atom is -0.481 e. The number of hydrogen-bond donors (Lipinski definition) is 1. The Morgan fingerprint density at radius 3 is 2.81 bits per heavy atom. The van der Waals surface area contributed by atoms with E-state index in [1.807, 2.05) is 35.1 Å². The molecule has 0 saturated heterocycles.